The van der Waals surface area contributed by atoms with Crippen molar-refractivity contribution in [2.24, 2.45) is 5.92 Å². The molecular weight excluding hydrogens is 226 g/mol. The fourth-order valence-electron chi connectivity index (χ4n) is 2.86. The number of nitrogens with one attached hydrogen (secondary N) is 1. The summed E-state index contributed by atoms with van der Waals surface area (Å²) in [5.74, 6) is 1.46. The van der Waals surface area contributed by atoms with Gasteiger partial charge >= 0.3 is 0 Å². The van der Waals surface area contributed by atoms with Crippen LogP contribution in [0.5, 0.6) is 0 Å². The summed E-state index contributed by atoms with van der Waals surface area (Å²) in [6, 6.07) is 1.95. The normalized spacial score (nSPS) is 28.1. The highest BCUT2D eigenvalue weighted by molar-refractivity contribution is 5.51. The molecule has 1 aromatic rings. The summed E-state index contributed by atoms with van der Waals surface area (Å²) in [4.78, 5) is 4.30. The van der Waals surface area contributed by atoms with E-state index in [9.17, 15) is 5.11 Å². The summed E-state index contributed by atoms with van der Waals surface area (Å²) < 4.78 is 0. The van der Waals surface area contributed by atoms with Crippen LogP contribution in [-0.4, -0.2) is 22.2 Å². The van der Waals surface area contributed by atoms with Crippen LogP contribution in [0.1, 0.15) is 38.2 Å². The molecule has 2 atom stereocenters. The van der Waals surface area contributed by atoms with Crippen molar-refractivity contribution in [3.8, 4) is 0 Å². The second-order valence-electron chi connectivity index (χ2n) is 5.69. The number of aromatic nitrogens is 1. The number of nitrogens with zero attached hydrogens (tertiary/aromatic N) is 1. The molecule has 4 N–H and O–H groups in total. The maximum absolute atomic E-state index is 9.73. The summed E-state index contributed by atoms with van der Waals surface area (Å²) in [6.45, 7) is 4.37. The lowest BCUT2D eigenvalue weighted by Gasteiger charge is -2.39. The number of pyridine rings is 1. The number of hydrogen-bond acceptors (Lipinski definition) is 4. The maximum atomic E-state index is 9.73. The van der Waals surface area contributed by atoms with Crippen LogP contribution in [-0.2, 0) is 0 Å². The Morgan fingerprint density at radius 3 is 3.00 bits per heavy atom. The summed E-state index contributed by atoms with van der Waals surface area (Å²) in [5, 5.41) is 13.2. The van der Waals surface area contributed by atoms with Crippen LogP contribution in [0.4, 0.5) is 11.5 Å². The van der Waals surface area contributed by atoms with Gasteiger partial charge in [-0.3, -0.25) is 0 Å². The number of rotatable bonds is 3. The van der Waals surface area contributed by atoms with E-state index >= 15 is 0 Å². The predicted molar refractivity (Wildman–Crippen MR) is 74.5 cm³/mol. The zero-order valence-corrected chi connectivity index (χ0v) is 11.2. The Bertz CT molecular complexity index is 422. The van der Waals surface area contributed by atoms with Crippen LogP contribution in [0.3, 0.4) is 0 Å². The zero-order valence-electron chi connectivity index (χ0n) is 11.2. The van der Waals surface area contributed by atoms with Crippen molar-refractivity contribution < 1.29 is 5.11 Å². The third-order valence-corrected chi connectivity index (χ3v) is 3.94. The number of nitrogens with two attached hydrogens (primary N) is 1. The van der Waals surface area contributed by atoms with Gasteiger partial charge in [-0.15, -0.1) is 0 Å². The van der Waals surface area contributed by atoms with E-state index in [-0.39, 0.29) is 12.1 Å². The van der Waals surface area contributed by atoms with E-state index in [0.717, 1.165) is 30.6 Å². The van der Waals surface area contributed by atoms with E-state index in [0.29, 0.717) is 11.6 Å². The fourth-order valence-corrected chi connectivity index (χ4v) is 2.86. The van der Waals surface area contributed by atoms with Gasteiger partial charge in [0, 0.05) is 0 Å². The van der Waals surface area contributed by atoms with Crippen molar-refractivity contribution >= 4 is 11.5 Å². The van der Waals surface area contributed by atoms with Gasteiger partial charge in [0.15, 0.2) is 0 Å². The van der Waals surface area contributed by atoms with Crippen LogP contribution in [0, 0.1) is 12.8 Å². The Balaban J connectivity index is 2.16. The first kappa shape index (κ1) is 13.1. The molecule has 0 saturated heterocycles. The van der Waals surface area contributed by atoms with Crippen LogP contribution < -0.4 is 11.1 Å². The van der Waals surface area contributed by atoms with Crippen molar-refractivity contribution in [3.05, 3.63) is 17.8 Å². The highest BCUT2D eigenvalue weighted by Crippen LogP contribution is 2.34. The first-order valence-corrected chi connectivity index (χ1v) is 6.66. The molecule has 0 amide bonds. The first-order chi connectivity index (χ1) is 8.54. The molecule has 1 aliphatic rings. The summed E-state index contributed by atoms with van der Waals surface area (Å²) in [7, 11) is 0. The average Bonchev–Trinajstić information content (AvgIpc) is 2.34. The van der Waals surface area contributed by atoms with Crippen LogP contribution in [0.15, 0.2) is 12.3 Å². The largest absolute Gasteiger partial charge is 0.397 e. The molecule has 100 valence electrons. The molecule has 1 aliphatic carbocycles. The van der Waals surface area contributed by atoms with Gasteiger partial charge in [0.2, 0.25) is 0 Å². The average molecular weight is 249 g/mol. The molecule has 0 bridgehead atoms. The maximum Gasteiger partial charge on any atom is 0.126 e. The number of aliphatic hydroxyl groups excluding tert-OH is 1. The van der Waals surface area contributed by atoms with Gasteiger partial charge in [0.25, 0.3) is 0 Å². The first-order valence-electron chi connectivity index (χ1n) is 6.66. The topological polar surface area (TPSA) is 71.2 Å². The van der Waals surface area contributed by atoms with Crippen molar-refractivity contribution in [2.75, 3.05) is 17.7 Å². The van der Waals surface area contributed by atoms with Crippen molar-refractivity contribution in [3.63, 3.8) is 0 Å². The highest BCUT2D eigenvalue weighted by Gasteiger charge is 2.34. The molecule has 0 radical (unpaired) electrons. The lowest BCUT2D eigenvalue weighted by atomic mass is 9.77. The Morgan fingerprint density at radius 2 is 2.39 bits per heavy atom. The van der Waals surface area contributed by atoms with Gasteiger partial charge in [0.1, 0.15) is 5.82 Å². The molecule has 0 aliphatic heterocycles. The minimum absolute atomic E-state index is 0.155. The Kier molecular flexibility index (Phi) is 3.76. The number of aryl methyl sites for hydroxylation is 1. The molecule has 0 spiro atoms. The third kappa shape index (κ3) is 2.75. The van der Waals surface area contributed by atoms with E-state index in [1.54, 1.807) is 6.20 Å². The predicted octanol–water partition coefficient (Wildman–Crippen LogP) is 2.33. The Hall–Kier alpha value is -1.29. The Labute approximate surface area is 109 Å². The molecule has 2 rings (SSSR count). The second kappa shape index (κ2) is 5.14. The van der Waals surface area contributed by atoms with E-state index in [1.807, 2.05) is 13.0 Å². The molecule has 1 fully saturated rings. The number of aliphatic hydroxyl groups is 1. The standard InChI is InChI=1S/C14H23N3O/c1-10-4-3-5-14(7-10,9-18)17-13-6-11(2)12(15)8-16-13/h6,8,10,18H,3-5,7,9,15H2,1-2H3,(H,16,17). The van der Waals surface area contributed by atoms with Crippen LogP contribution in [0.2, 0.25) is 0 Å². The molecule has 1 aromatic heterocycles. The molecule has 18 heavy (non-hydrogen) atoms. The smallest absolute Gasteiger partial charge is 0.126 e. The highest BCUT2D eigenvalue weighted by atomic mass is 16.3. The van der Waals surface area contributed by atoms with Crippen molar-refractivity contribution in [2.45, 2.75) is 45.1 Å². The quantitative estimate of drug-likeness (QED) is 0.769. The minimum atomic E-state index is -0.215. The van der Waals surface area contributed by atoms with E-state index in [2.05, 4.69) is 17.2 Å². The molecule has 1 heterocycles. The number of anilines is 2. The van der Waals surface area contributed by atoms with Gasteiger partial charge in [0.05, 0.1) is 24.0 Å². The molecule has 2 unspecified atom stereocenters. The van der Waals surface area contributed by atoms with Crippen molar-refractivity contribution in [1.82, 2.24) is 4.98 Å². The lowest BCUT2D eigenvalue weighted by molar-refractivity contribution is 0.149. The monoisotopic (exact) mass is 249 g/mol. The third-order valence-electron chi connectivity index (χ3n) is 3.94. The van der Waals surface area contributed by atoms with E-state index < -0.39 is 0 Å². The fraction of sp³-hybridized carbons (Fsp3) is 0.643. The summed E-state index contributed by atoms with van der Waals surface area (Å²) >= 11 is 0. The van der Waals surface area contributed by atoms with Crippen molar-refractivity contribution in [1.29, 1.82) is 0 Å². The van der Waals surface area contributed by atoms with E-state index in [4.69, 9.17) is 5.73 Å². The van der Waals surface area contributed by atoms with Crippen LogP contribution >= 0.6 is 0 Å². The van der Waals surface area contributed by atoms with Gasteiger partial charge in [-0.05, 0) is 37.3 Å². The Morgan fingerprint density at radius 1 is 1.61 bits per heavy atom. The van der Waals surface area contributed by atoms with Crippen LogP contribution in [0.25, 0.3) is 0 Å². The van der Waals surface area contributed by atoms with Gasteiger partial charge in [-0.25, -0.2) is 4.98 Å². The number of nitrogen functional groups attached to an aromatic ring is 1. The zero-order chi connectivity index (χ0) is 13.2. The van der Waals surface area contributed by atoms with Gasteiger partial charge in [-0.2, -0.15) is 0 Å². The number of hydrogen-bond donors (Lipinski definition) is 3. The summed E-state index contributed by atoms with van der Waals surface area (Å²) in [6.07, 6.45) is 6.07. The van der Waals surface area contributed by atoms with Gasteiger partial charge < -0.3 is 16.2 Å². The SMILES string of the molecule is Cc1cc(NC2(CO)CCCC(C)C2)ncc1N. The van der Waals surface area contributed by atoms with Gasteiger partial charge in [-0.1, -0.05) is 19.8 Å². The second-order valence-corrected chi connectivity index (χ2v) is 5.69. The molecular formula is C14H23N3O. The molecule has 4 heteroatoms. The molecule has 0 aromatic carbocycles. The lowest BCUT2D eigenvalue weighted by Crippen LogP contribution is -2.46. The molecule has 4 nitrogen and oxygen atoms in total. The summed E-state index contributed by atoms with van der Waals surface area (Å²) in [5.41, 5.74) is 7.28. The van der Waals surface area contributed by atoms with E-state index in [1.165, 1.54) is 6.42 Å². The molecule has 1 saturated carbocycles. The minimum Gasteiger partial charge on any atom is -0.397 e.